The monoisotopic (exact) mass is 410 g/mol. The average molecular weight is 411 g/mol. The fourth-order valence-corrected chi connectivity index (χ4v) is 9.67. The summed E-state index contributed by atoms with van der Waals surface area (Å²) in [6.07, 6.45) is 18.1. The molecule has 0 N–H and O–H groups in total. The van der Waals surface area contributed by atoms with Gasteiger partial charge in [0.15, 0.2) is 0 Å². The number of rotatable bonds is 3. The lowest BCUT2D eigenvalue weighted by atomic mass is 9.47. The van der Waals surface area contributed by atoms with E-state index in [0.29, 0.717) is 21.7 Å². The largest absolute Gasteiger partial charge is 0.0850 e. The van der Waals surface area contributed by atoms with Crippen LogP contribution in [0.4, 0.5) is 0 Å². The summed E-state index contributed by atoms with van der Waals surface area (Å²) < 4.78 is 0. The highest BCUT2D eigenvalue weighted by molar-refractivity contribution is 5.28. The van der Waals surface area contributed by atoms with E-state index >= 15 is 0 Å². The number of hydrogen-bond acceptors (Lipinski definition) is 0. The van der Waals surface area contributed by atoms with Gasteiger partial charge in [-0.05, 0) is 111 Å². The zero-order chi connectivity index (χ0) is 21.9. The molecule has 0 heterocycles. The van der Waals surface area contributed by atoms with Crippen molar-refractivity contribution in [2.75, 3.05) is 0 Å². The number of hydrogen-bond donors (Lipinski definition) is 0. The van der Waals surface area contributed by atoms with E-state index in [4.69, 9.17) is 0 Å². The smallest absolute Gasteiger partial charge is 0.00804 e. The van der Waals surface area contributed by atoms with Crippen LogP contribution in [-0.4, -0.2) is 0 Å². The van der Waals surface area contributed by atoms with Gasteiger partial charge in [0.25, 0.3) is 0 Å². The Morgan fingerprint density at radius 3 is 2.17 bits per heavy atom. The van der Waals surface area contributed by atoms with Crippen molar-refractivity contribution in [3.63, 3.8) is 0 Å². The van der Waals surface area contributed by atoms with Crippen LogP contribution in [0, 0.1) is 39.4 Å². The highest BCUT2D eigenvalue weighted by atomic mass is 14.6. The molecule has 4 aliphatic carbocycles. The molecular formula is C30H50. The lowest BCUT2D eigenvalue weighted by Crippen LogP contribution is -2.49. The van der Waals surface area contributed by atoms with Crippen LogP contribution in [0.1, 0.15) is 126 Å². The fraction of sp³-hybridized carbons (Fsp3) is 0.867. The molecule has 170 valence electrons. The van der Waals surface area contributed by atoms with Gasteiger partial charge in [0, 0.05) is 0 Å². The molecule has 2 fully saturated rings. The predicted octanol–water partition coefficient (Wildman–Crippen LogP) is 9.51. The van der Waals surface area contributed by atoms with Crippen molar-refractivity contribution in [3.8, 4) is 0 Å². The molecular weight excluding hydrogens is 360 g/mol. The van der Waals surface area contributed by atoms with Crippen LogP contribution >= 0.6 is 0 Å². The molecule has 0 bridgehead atoms. The number of allylic oxidation sites excluding steroid dienone is 4. The summed E-state index contributed by atoms with van der Waals surface area (Å²) >= 11 is 0. The van der Waals surface area contributed by atoms with E-state index < -0.39 is 0 Å². The van der Waals surface area contributed by atoms with Crippen molar-refractivity contribution < 1.29 is 0 Å². The van der Waals surface area contributed by atoms with Crippen LogP contribution in [-0.2, 0) is 0 Å². The maximum absolute atomic E-state index is 2.68. The molecule has 0 aromatic heterocycles. The van der Waals surface area contributed by atoms with Crippen molar-refractivity contribution in [2.45, 2.75) is 126 Å². The Hall–Kier alpha value is -0.520. The van der Waals surface area contributed by atoms with Crippen LogP contribution in [0.3, 0.4) is 0 Å². The molecule has 0 saturated heterocycles. The maximum Gasteiger partial charge on any atom is -0.00804 e. The molecule has 0 radical (unpaired) electrons. The van der Waals surface area contributed by atoms with E-state index in [0.717, 1.165) is 17.8 Å². The third-order valence-electron chi connectivity index (χ3n) is 11.2. The van der Waals surface area contributed by atoms with E-state index in [1.807, 2.05) is 5.57 Å². The summed E-state index contributed by atoms with van der Waals surface area (Å²) in [5, 5.41) is 0. The van der Waals surface area contributed by atoms with Crippen LogP contribution in [0.5, 0.6) is 0 Å². The molecule has 0 spiro atoms. The normalized spacial score (nSPS) is 42.9. The Labute approximate surface area is 188 Å². The first-order valence-electron chi connectivity index (χ1n) is 13.3. The summed E-state index contributed by atoms with van der Waals surface area (Å²) in [5.74, 6) is 2.54. The van der Waals surface area contributed by atoms with E-state index in [2.05, 4.69) is 61.5 Å². The number of fused-ring (bicyclic) bond motifs is 2. The molecule has 0 amide bonds. The summed E-state index contributed by atoms with van der Waals surface area (Å²) in [6.45, 7) is 20.5. The maximum atomic E-state index is 2.68. The standard InChI is InChI=1S/C30H50/c1-21-11-15-25-27(3,4)17-9-19-29(25,7)23(21)13-14-24-22(2)12-16-26-28(5,6)18-10-20-30(24,26)8/h11,23,25-26H,9-10,12-20H2,1-8H3. The lowest BCUT2D eigenvalue weighted by molar-refractivity contribution is -0.0405. The van der Waals surface area contributed by atoms with Gasteiger partial charge in [0.2, 0.25) is 0 Å². The first-order chi connectivity index (χ1) is 13.9. The third kappa shape index (κ3) is 3.47. The second-order valence-electron chi connectivity index (χ2n) is 13.8. The van der Waals surface area contributed by atoms with Crippen LogP contribution in [0.25, 0.3) is 0 Å². The minimum Gasteiger partial charge on any atom is -0.0850 e. The Morgan fingerprint density at radius 1 is 0.833 bits per heavy atom. The predicted molar refractivity (Wildman–Crippen MR) is 131 cm³/mol. The topological polar surface area (TPSA) is 0 Å². The molecule has 2 saturated carbocycles. The van der Waals surface area contributed by atoms with Crippen molar-refractivity contribution >= 4 is 0 Å². The molecule has 0 aliphatic heterocycles. The Kier molecular flexibility index (Phi) is 5.68. The Morgan fingerprint density at radius 2 is 1.47 bits per heavy atom. The fourth-order valence-electron chi connectivity index (χ4n) is 9.67. The van der Waals surface area contributed by atoms with Gasteiger partial charge in [-0.15, -0.1) is 0 Å². The molecule has 0 aromatic rings. The van der Waals surface area contributed by atoms with Gasteiger partial charge in [-0.2, -0.15) is 0 Å². The van der Waals surface area contributed by atoms with Gasteiger partial charge in [-0.3, -0.25) is 0 Å². The molecule has 4 rings (SSSR count). The van der Waals surface area contributed by atoms with Crippen LogP contribution in [0.2, 0.25) is 0 Å². The van der Waals surface area contributed by atoms with Gasteiger partial charge in [0.05, 0.1) is 0 Å². The second-order valence-corrected chi connectivity index (χ2v) is 13.8. The van der Waals surface area contributed by atoms with E-state index in [-0.39, 0.29) is 0 Å². The quantitative estimate of drug-likeness (QED) is 0.406. The lowest BCUT2D eigenvalue weighted by Gasteiger charge is -2.58. The van der Waals surface area contributed by atoms with Gasteiger partial charge < -0.3 is 0 Å². The average Bonchev–Trinajstić information content (AvgIpc) is 2.61. The van der Waals surface area contributed by atoms with Crippen LogP contribution < -0.4 is 0 Å². The van der Waals surface area contributed by atoms with Gasteiger partial charge in [-0.1, -0.05) is 77.2 Å². The summed E-state index contributed by atoms with van der Waals surface area (Å²) in [4.78, 5) is 0. The summed E-state index contributed by atoms with van der Waals surface area (Å²) in [7, 11) is 0. The Bertz CT molecular complexity index is 731. The SMILES string of the molecule is CC1=CCC2C(C)(C)CCCC2(C)C1CCC1=C(C)CCC2C(C)(C)CCCC12C. The molecule has 0 heteroatoms. The molecule has 30 heavy (non-hydrogen) atoms. The van der Waals surface area contributed by atoms with Gasteiger partial charge >= 0.3 is 0 Å². The molecule has 5 unspecified atom stereocenters. The van der Waals surface area contributed by atoms with E-state index in [9.17, 15) is 0 Å². The molecule has 4 aliphatic rings. The summed E-state index contributed by atoms with van der Waals surface area (Å²) in [5.41, 5.74) is 7.36. The minimum absolute atomic E-state index is 0.461. The van der Waals surface area contributed by atoms with Crippen molar-refractivity contribution in [3.05, 3.63) is 22.8 Å². The summed E-state index contributed by atoms with van der Waals surface area (Å²) in [6, 6.07) is 0. The second kappa shape index (κ2) is 7.52. The third-order valence-corrected chi connectivity index (χ3v) is 11.2. The first-order valence-corrected chi connectivity index (χ1v) is 13.3. The zero-order valence-corrected chi connectivity index (χ0v) is 21.6. The molecule has 5 atom stereocenters. The Balaban J connectivity index is 1.60. The van der Waals surface area contributed by atoms with Gasteiger partial charge in [0.1, 0.15) is 0 Å². The van der Waals surface area contributed by atoms with Crippen molar-refractivity contribution in [1.29, 1.82) is 0 Å². The molecule has 0 aromatic carbocycles. The van der Waals surface area contributed by atoms with E-state index in [1.54, 1.807) is 11.1 Å². The highest BCUT2D eigenvalue weighted by Gasteiger charge is 2.53. The van der Waals surface area contributed by atoms with Crippen molar-refractivity contribution in [1.82, 2.24) is 0 Å². The first kappa shape index (κ1) is 22.7. The van der Waals surface area contributed by atoms with E-state index in [1.165, 1.54) is 70.6 Å². The minimum atomic E-state index is 0.461. The zero-order valence-electron chi connectivity index (χ0n) is 21.6. The highest BCUT2D eigenvalue weighted by Crippen LogP contribution is 2.63. The van der Waals surface area contributed by atoms with Gasteiger partial charge in [-0.25, -0.2) is 0 Å². The molecule has 0 nitrogen and oxygen atoms in total. The van der Waals surface area contributed by atoms with Crippen molar-refractivity contribution in [2.24, 2.45) is 39.4 Å². The van der Waals surface area contributed by atoms with Crippen LogP contribution in [0.15, 0.2) is 22.8 Å².